The Labute approximate surface area is 162 Å². The van der Waals surface area contributed by atoms with Gasteiger partial charge in [-0.25, -0.2) is 13.2 Å². The molecule has 10 heteroatoms. The fourth-order valence-corrected chi connectivity index (χ4v) is 4.19. The van der Waals surface area contributed by atoms with Crippen LogP contribution in [0.4, 0.5) is 5.69 Å². The zero-order valence-corrected chi connectivity index (χ0v) is 16.3. The highest BCUT2D eigenvalue weighted by molar-refractivity contribution is 14.1. The minimum atomic E-state index is -4.10. The van der Waals surface area contributed by atoms with Crippen LogP contribution in [0.25, 0.3) is 0 Å². The van der Waals surface area contributed by atoms with Crippen LogP contribution < -0.4 is 9.46 Å². The van der Waals surface area contributed by atoms with E-state index in [0.717, 1.165) is 12.1 Å². The third kappa shape index (κ3) is 4.15. The molecule has 2 aromatic rings. The van der Waals surface area contributed by atoms with Gasteiger partial charge in [0.15, 0.2) is 0 Å². The molecule has 0 aromatic heterocycles. The second kappa shape index (κ2) is 7.47. The standard InChI is InChI=1S/C15H10ClIN2O5S/c1-24-13-6-14(11(16)5-10(13)15(20)21)25(22,23)19-9-3-2-8(7-18)12(17)4-9/h2-6,19H,1H3,(H,20,21). The van der Waals surface area contributed by atoms with Gasteiger partial charge in [0.25, 0.3) is 10.0 Å². The molecule has 130 valence electrons. The summed E-state index contributed by atoms with van der Waals surface area (Å²) in [4.78, 5) is 10.8. The summed E-state index contributed by atoms with van der Waals surface area (Å²) >= 11 is 7.86. The van der Waals surface area contributed by atoms with E-state index in [1.54, 1.807) is 0 Å². The number of hydrogen-bond acceptors (Lipinski definition) is 5. The first kappa shape index (κ1) is 19.3. The van der Waals surface area contributed by atoms with E-state index in [9.17, 15) is 13.2 Å². The highest BCUT2D eigenvalue weighted by atomic mass is 127. The third-order valence-electron chi connectivity index (χ3n) is 3.12. The number of carbonyl (C=O) groups is 1. The van der Waals surface area contributed by atoms with E-state index in [0.29, 0.717) is 9.13 Å². The molecule has 0 amide bonds. The minimum Gasteiger partial charge on any atom is -0.496 e. The van der Waals surface area contributed by atoms with E-state index in [1.165, 1.54) is 25.3 Å². The Balaban J connectivity index is 2.48. The first-order valence-electron chi connectivity index (χ1n) is 6.53. The van der Waals surface area contributed by atoms with E-state index < -0.39 is 16.0 Å². The highest BCUT2D eigenvalue weighted by Gasteiger charge is 2.23. The fourth-order valence-electron chi connectivity index (χ4n) is 1.96. The van der Waals surface area contributed by atoms with Crippen LogP contribution >= 0.6 is 34.2 Å². The number of halogens is 2. The lowest BCUT2D eigenvalue weighted by molar-refractivity contribution is 0.0693. The van der Waals surface area contributed by atoms with Crippen molar-refractivity contribution < 1.29 is 23.1 Å². The van der Waals surface area contributed by atoms with Crippen molar-refractivity contribution in [1.29, 1.82) is 5.26 Å². The number of aromatic carboxylic acids is 1. The molecule has 2 rings (SSSR count). The number of sulfonamides is 1. The first-order chi connectivity index (χ1) is 11.7. The summed E-state index contributed by atoms with van der Waals surface area (Å²) in [5.41, 5.74) is 0.397. The van der Waals surface area contributed by atoms with E-state index in [1.807, 2.05) is 28.7 Å². The molecule has 0 spiro atoms. The Morgan fingerprint density at radius 3 is 2.56 bits per heavy atom. The highest BCUT2D eigenvalue weighted by Crippen LogP contribution is 2.31. The van der Waals surface area contributed by atoms with Crippen molar-refractivity contribution in [3.63, 3.8) is 0 Å². The lowest BCUT2D eigenvalue weighted by Gasteiger charge is -2.13. The largest absolute Gasteiger partial charge is 0.496 e. The van der Waals surface area contributed by atoms with Gasteiger partial charge in [-0.1, -0.05) is 11.6 Å². The number of nitrogens with zero attached hydrogens (tertiary/aromatic N) is 1. The molecule has 0 unspecified atom stereocenters. The molecular formula is C15H10ClIN2O5S. The van der Waals surface area contributed by atoms with Gasteiger partial charge in [0.05, 0.1) is 17.7 Å². The normalized spacial score (nSPS) is 10.8. The van der Waals surface area contributed by atoms with Crippen molar-refractivity contribution >= 4 is 55.9 Å². The monoisotopic (exact) mass is 492 g/mol. The number of ether oxygens (including phenoxy) is 1. The molecule has 0 aliphatic rings. The van der Waals surface area contributed by atoms with Crippen LogP contribution in [0.1, 0.15) is 15.9 Å². The van der Waals surface area contributed by atoms with Crippen LogP contribution in [0.3, 0.4) is 0 Å². The summed E-state index contributed by atoms with van der Waals surface area (Å²) in [6, 6.07) is 8.45. The average Bonchev–Trinajstić information content (AvgIpc) is 2.54. The van der Waals surface area contributed by atoms with Crippen LogP contribution in [0.2, 0.25) is 5.02 Å². The van der Waals surface area contributed by atoms with Gasteiger partial charge in [-0.3, -0.25) is 4.72 Å². The Morgan fingerprint density at radius 1 is 1.36 bits per heavy atom. The molecule has 2 aromatic carbocycles. The first-order valence-corrected chi connectivity index (χ1v) is 9.47. The number of carboxylic acids is 1. The van der Waals surface area contributed by atoms with Gasteiger partial charge in [-0.2, -0.15) is 5.26 Å². The number of hydrogen-bond donors (Lipinski definition) is 2. The van der Waals surface area contributed by atoms with E-state index in [2.05, 4.69) is 4.72 Å². The molecule has 0 atom stereocenters. The molecule has 2 N–H and O–H groups in total. The van der Waals surface area contributed by atoms with Crippen LogP contribution in [-0.4, -0.2) is 26.6 Å². The summed E-state index contributed by atoms with van der Waals surface area (Å²) in [7, 11) is -2.87. The summed E-state index contributed by atoms with van der Waals surface area (Å²) in [6.07, 6.45) is 0. The number of benzene rings is 2. The van der Waals surface area contributed by atoms with Crippen LogP contribution in [0, 0.1) is 14.9 Å². The van der Waals surface area contributed by atoms with Crippen molar-refractivity contribution in [2.75, 3.05) is 11.8 Å². The molecule has 0 aliphatic carbocycles. The molecule has 0 fully saturated rings. The SMILES string of the molecule is COc1cc(S(=O)(=O)Nc2ccc(C#N)c(I)c2)c(Cl)cc1C(=O)O. The minimum absolute atomic E-state index is 0.133. The second-order valence-corrected chi connectivity index (χ2v) is 7.92. The van der Waals surface area contributed by atoms with Crippen molar-refractivity contribution in [3.05, 3.63) is 50.1 Å². The molecule has 0 saturated carbocycles. The van der Waals surface area contributed by atoms with Crippen LogP contribution in [0.15, 0.2) is 35.2 Å². The van der Waals surface area contributed by atoms with Gasteiger partial charge in [-0.15, -0.1) is 0 Å². The molecule has 25 heavy (non-hydrogen) atoms. The fraction of sp³-hybridized carbons (Fsp3) is 0.0667. The maximum atomic E-state index is 12.6. The topological polar surface area (TPSA) is 116 Å². The van der Waals surface area contributed by atoms with Gasteiger partial charge >= 0.3 is 5.97 Å². The maximum absolute atomic E-state index is 12.6. The zero-order valence-electron chi connectivity index (χ0n) is 12.6. The molecule has 0 heterocycles. The van der Waals surface area contributed by atoms with E-state index in [4.69, 9.17) is 26.7 Å². The van der Waals surface area contributed by atoms with Gasteiger partial charge < -0.3 is 9.84 Å². The van der Waals surface area contributed by atoms with Gasteiger partial charge in [0, 0.05) is 15.3 Å². The number of nitriles is 1. The average molecular weight is 493 g/mol. The Kier molecular flexibility index (Phi) is 5.76. The summed E-state index contributed by atoms with van der Waals surface area (Å²) in [5.74, 6) is -1.43. The second-order valence-electron chi connectivity index (χ2n) is 4.70. The predicted octanol–water partition coefficient (Wildman–Crippen LogP) is 3.32. The molecule has 0 bridgehead atoms. The van der Waals surface area contributed by atoms with Crippen molar-refractivity contribution in [2.24, 2.45) is 0 Å². The van der Waals surface area contributed by atoms with E-state index in [-0.39, 0.29) is 26.9 Å². The summed E-state index contributed by atoms with van der Waals surface area (Å²) < 4.78 is 33.0. The zero-order chi connectivity index (χ0) is 18.8. The molecule has 7 nitrogen and oxygen atoms in total. The lowest BCUT2D eigenvalue weighted by Crippen LogP contribution is -2.14. The van der Waals surface area contributed by atoms with Crippen molar-refractivity contribution in [3.8, 4) is 11.8 Å². The lowest BCUT2D eigenvalue weighted by atomic mass is 10.2. The maximum Gasteiger partial charge on any atom is 0.339 e. The molecule has 0 radical (unpaired) electrons. The summed E-state index contributed by atoms with van der Waals surface area (Å²) in [6.45, 7) is 0. The summed E-state index contributed by atoms with van der Waals surface area (Å²) in [5, 5.41) is 17.8. The van der Waals surface area contributed by atoms with E-state index >= 15 is 0 Å². The third-order valence-corrected chi connectivity index (χ3v) is 5.85. The molecular weight excluding hydrogens is 483 g/mol. The quantitative estimate of drug-likeness (QED) is 0.619. The number of nitrogens with one attached hydrogen (secondary N) is 1. The van der Waals surface area contributed by atoms with Crippen molar-refractivity contribution in [1.82, 2.24) is 0 Å². The smallest absolute Gasteiger partial charge is 0.339 e. The van der Waals surface area contributed by atoms with Gasteiger partial charge in [0.2, 0.25) is 0 Å². The van der Waals surface area contributed by atoms with Gasteiger partial charge in [-0.05, 0) is 46.9 Å². The predicted molar refractivity (Wildman–Crippen MR) is 99.6 cm³/mol. The molecule has 0 saturated heterocycles. The van der Waals surface area contributed by atoms with Crippen LogP contribution in [0.5, 0.6) is 5.75 Å². The Hall–Kier alpha value is -2.03. The van der Waals surface area contributed by atoms with Gasteiger partial charge in [0.1, 0.15) is 22.3 Å². The number of rotatable bonds is 5. The number of methoxy groups -OCH3 is 1. The van der Waals surface area contributed by atoms with Crippen molar-refractivity contribution in [2.45, 2.75) is 4.90 Å². The number of carboxylic acid groups (broad SMARTS) is 1. The number of anilines is 1. The Bertz CT molecular complexity index is 1000. The Morgan fingerprint density at radius 2 is 2.04 bits per heavy atom. The van der Waals surface area contributed by atoms with Crippen LogP contribution in [-0.2, 0) is 10.0 Å². The molecule has 0 aliphatic heterocycles.